The predicted molar refractivity (Wildman–Crippen MR) is 147 cm³/mol. The van der Waals surface area contributed by atoms with Crippen molar-refractivity contribution in [3.05, 3.63) is 104 Å². The normalized spacial score (nSPS) is 15.3. The highest BCUT2D eigenvalue weighted by Crippen LogP contribution is 2.39. The van der Waals surface area contributed by atoms with Gasteiger partial charge in [-0.05, 0) is 35.0 Å². The van der Waals surface area contributed by atoms with E-state index in [0.29, 0.717) is 9.41 Å². The van der Waals surface area contributed by atoms with Gasteiger partial charge in [0.25, 0.3) is 17.2 Å². The summed E-state index contributed by atoms with van der Waals surface area (Å²) in [7, 11) is 1.19. The summed E-state index contributed by atoms with van der Waals surface area (Å²) in [6.07, 6.45) is 1.70. The molecular weight excluding hydrogens is 548 g/mol. The smallest absolute Gasteiger partial charge is 0.338 e. The lowest BCUT2D eigenvalue weighted by molar-refractivity contribution is -0.384. The van der Waals surface area contributed by atoms with Gasteiger partial charge in [-0.1, -0.05) is 18.2 Å². The summed E-state index contributed by atoms with van der Waals surface area (Å²) >= 11 is 3.82. The Balaban J connectivity index is 1.79. The molecule has 3 N–H and O–H groups in total. The number of anilines is 1. The number of carbonyl (C=O) groups is 2. The number of fused-ring (bicyclic) bond motifs is 1. The summed E-state index contributed by atoms with van der Waals surface area (Å²) in [5.41, 5.74) is 5.99. The zero-order valence-corrected chi connectivity index (χ0v) is 22.0. The second-order valence-electron chi connectivity index (χ2n) is 7.99. The van der Waals surface area contributed by atoms with Gasteiger partial charge in [0, 0.05) is 27.6 Å². The van der Waals surface area contributed by atoms with Crippen LogP contribution in [0.5, 0.6) is 0 Å². The van der Waals surface area contributed by atoms with Crippen molar-refractivity contribution in [2.24, 2.45) is 5.73 Å². The van der Waals surface area contributed by atoms with Crippen molar-refractivity contribution in [1.82, 2.24) is 4.57 Å². The third-order valence-electron chi connectivity index (χ3n) is 5.76. The number of nitro benzene ring substituents is 1. The Morgan fingerprint density at radius 2 is 1.89 bits per heavy atom. The molecule has 0 saturated carbocycles. The Labute approximate surface area is 226 Å². The summed E-state index contributed by atoms with van der Waals surface area (Å²) < 4.78 is 6.74. The molecule has 1 aliphatic rings. The Hall–Kier alpha value is -4.33. The van der Waals surface area contributed by atoms with E-state index >= 15 is 0 Å². The van der Waals surface area contributed by atoms with Crippen LogP contribution in [-0.2, 0) is 14.3 Å². The van der Waals surface area contributed by atoms with Gasteiger partial charge in [0.15, 0.2) is 0 Å². The third kappa shape index (κ3) is 4.47. The first-order valence-electron chi connectivity index (χ1n) is 11.0. The van der Waals surface area contributed by atoms with Crippen LogP contribution >= 0.6 is 34.0 Å². The molecule has 1 aliphatic heterocycles. The van der Waals surface area contributed by atoms with Crippen LogP contribution in [0, 0.1) is 10.1 Å². The zero-order valence-electron chi connectivity index (χ0n) is 19.6. The molecule has 1 amide bonds. The molecule has 4 heterocycles. The zero-order chi connectivity index (χ0) is 27.0. The standard InChI is InChI=1S/C25H18N4O6S3/c1-35-25(32)19-18(16-8-4-10-37-16)20(22(30)27-13-5-2-6-14(11-13)29(33)34)24-28(21(19)26)23(31)17(38-24)12-15-7-3-9-36-15/h2-12,18H,26H2,1H3,(H,27,30)/b17-12+. The molecule has 0 spiro atoms. The van der Waals surface area contributed by atoms with Gasteiger partial charge in [0.2, 0.25) is 0 Å². The molecule has 192 valence electrons. The van der Waals surface area contributed by atoms with Crippen molar-refractivity contribution in [3.8, 4) is 0 Å². The molecule has 1 aromatic carbocycles. The summed E-state index contributed by atoms with van der Waals surface area (Å²) in [4.78, 5) is 52.5. The number of benzene rings is 1. The Kier molecular flexibility index (Phi) is 6.80. The van der Waals surface area contributed by atoms with Gasteiger partial charge in [-0.3, -0.25) is 24.3 Å². The quantitative estimate of drug-likeness (QED) is 0.207. The number of methoxy groups -OCH3 is 1. The van der Waals surface area contributed by atoms with Crippen molar-refractivity contribution < 1.29 is 19.2 Å². The highest BCUT2D eigenvalue weighted by Gasteiger charge is 2.39. The van der Waals surface area contributed by atoms with E-state index in [0.717, 1.165) is 20.8 Å². The van der Waals surface area contributed by atoms with Gasteiger partial charge in [-0.15, -0.1) is 34.0 Å². The van der Waals surface area contributed by atoms with E-state index in [1.807, 2.05) is 17.5 Å². The molecular formula is C25H18N4O6S3. The van der Waals surface area contributed by atoms with Crippen LogP contribution < -0.4 is 25.8 Å². The lowest BCUT2D eigenvalue weighted by atomic mass is 9.87. The van der Waals surface area contributed by atoms with Gasteiger partial charge >= 0.3 is 5.97 Å². The number of nitrogens with zero attached hydrogens (tertiary/aromatic N) is 2. The maximum Gasteiger partial charge on any atom is 0.338 e. The number of thiazole rings is 1. The molecule has 13 heteroatoms. The van der Waals surface area contributed by atoms with Crippen LogP contribution in [0.2, 0.25) is 0 Å². The molecule has 5 rings (SSSR count). The molecule has 0 bridgehead atoms. The molecule has 4 aromatic rings. The van der Waals surface area contributed by atoms with Crippen molar-refractivity contribution in [1.29, 1.82) is 0 Å². The highest BCUT2D eigenvalue weighted by atomic mass is 32.1. The largest absolute Gasteiger partial charge is 0.466 e. The number of ether oxygens (including phenoxy) is 1. The van der Waals surface area contributed by atoms with Crippen LogP contribution in [-0.4, -0.2) is 28.5 Å². The molecule has 0 fully saturated rings. The lowest BCUT2D eigenvalue weighted by Gasteiger charge is -2.26. The van der Waals surface area contributed by atoms with Gasteiger partial charge in [-0.2, -0.15) is 0 Å². The second kappa shape index (κ2) is 10.2. The number of carbonyl (C=O) groups excluding carboxylic acids is 2. The summed E-state index contributed by atoms with van der Waals surface area (Å²) in [5.74, 6) is -2.48. The first-order chi connectivity index (χ1) is 18.3. The first-order valence-corrected chi connectivity index (χ1v) is 13.6. The Bertz CT molecular complexity index is 1780. The Morgan fingerprint density at radius 1 is 1.13 bits per heavy atom. The van der Waals surface area contributed by atoms with Gasteiger partial charge in [0.05, 0.1) is 33.6 Å². The first kappa shape index (κ1) is 25.3. The molecule has 0 aliphatic carbocycles. The molecule has 10 nitrogen and oxygen atoms in total. The number of non-ortho nitro benzene ring substituents is 1. The second-order valence-corrected chi connectivity index (χ2v) is 11.0. The number of nitrogens with one attached hydrogen (secondary N) is 1. The number of amides is 1. The van der Waals surface area contributed by atoms with Crippen LogP contribution in [0.4, 0.5) is 11.4 Å². The van der Waals surface area contributed by atoms with Gasteiger partial charge in [-0.25, -0.2) is 4.79 Å². The molecule has 1 unspecified atom stereocenters. The fourth-order valence-electron chi connectivity index (χ4n) is 4.12. The fraction of sp³-hybridized carbons (Fsp3) is 0.0800. The molecule has 3 aromatic heterocycles. The van der Waals surface area contributed by atoms with E-state index in [-0.39, 0.29) is 33.0 Å². The highest BCUT2D eigenvalue weighted by molar-refractivity contribution is 7.11. The number of nitrogens with two attached hydrogens (primary N) is 1. The molecule has 0 saturated heterocycles. The number of hydrogen-bond donors (Lipinski definition) is 2. The van der Waals surface area contributed by atoms with Crippen LogP contribution in [0.25, 0.3) is 17.5 Å². The minimum Gasteiger partial charge on any atom is -0.466 e. The van der Waals surface area contributed by atoms with E-state index in [2.05, 4.69) is 5.32 Å². The predicted octanol–water partition coefficient (Wildman–Crippen LogP) is 2.66. The summed E-state index contributed by atoms with van der Waals surface area (Å²) in [5, 5.41) is 17.6. The number of thiophene rings is 2. The Morgan fingerprint density at radius 3 is 2.55 bits per heavy atom. The van der Waals surface area contributed by atoms with E-state index in [4.69, 9.17) is 10.5 Å². The summed E-state index contributed by atoms with van der Waals surface area (Å²) in [6, 6.07) is 12.7. The SMILES string of the molecule is COC(=O)C1=C(N)n2c(s/c(=C/c3cccs3)c2=O)=C(C(=O)Nc2cccc([N+](=O)[O-])c2)C1c1cccs1. The molecule has 0 radical (unpaired) electrons. The van der Waals surface area contributed by atoms with Gasteiger partial charge in [0.1, 0.15) is 10.5 Å². The lowest BCUT2D eigenvalue weighted by Crippen LogP contribution is -2.42. The minimum absolute atomic E-state index is 0.0470. The van der Waals surface area contributed by atoms with Crippen molar-refractivity contribution in [2.45, 2.75) is 5.92 Å². The minimum atomic E-state index is -0.936. The van der Waals surface area contributed by atoms with E-state index in [1.165, 1.54) is 54.0 Å². The van der Waals surface area contributed by atoms with Crippen LogP contribution in [0.1, 0.15) is 15.7 Å². The number of rotatable bonds is 6. The maximum absolute atomic E-state index is 13.9. The average molecular weight is 567 g/mol. The van der Waals surface area contributed by atoms with E-state index < -0.39 is 28.3 Å². The number of nitro groups is 1. The average Bonchev–Trinajstić information content (AvgIpc) is 3.67. The third-order valence-corrected chi connectivity index (χ3v) is 8.62. The summed E-state index contributed by atoms with van der Waals surface area (Å²) in [6.45, 7) is 0. The van der Waals surface area contributed by atoms with E-state index in [1.54, 1.807) is 23.6 Å². The number of esters is 1. The van der Waals surface area contributed by atoms with Crippen LogP contribution in [0.3, 0.4) is 0 Å². The topological polar surface area (TPSA) is 147 Å². The number of aromatic nitrogens is 1. The van der Waals surface area contributed by atoms with Crippen molar-refractivity contribution in [2.75, 3.05) is 12.4 Å². The maximum atomic E-state index is 13.9. The van der Waals surface area contributed by atoms with Crippen molar-refractivity contribution >= 4 is 74.7 Å². The molecule has 1 atom stereocenters. The van der Waals surface area contributed by atoms with Gasteiger partial charge < -0.3 is 15.8 Å². The molecule has 38 heavy (non-hydrogen) atoms. The number of hydrogen-bond acceptors (Lipinski definition) is 10. The fourth-order valence-corrected chi connectivity index (χ4v) is 6.86. The van der Waals surface area contributed by atoms with Crippen molar-refractivity contribution in [3.63, 3.8) is 0 Å². The van der Waals surface area contributed by atoms with Crippen LogP contribution in [0.15, 0.2) is 69.7 Å². The van der Waals surface area contributed by atoms with E-state index in [9.17, 15) is 24.5 Å². The monoisotopic (exact) mass is 566 g/mol.